The second-order valence-electron chi connectivity index (χ2n) is 5.63. The molecule has 24 heavy (non-hydrogen) atoms. The number of nitrogens with zero attached hydrogens (tertiary/aromatic N) is 3. The fourth-order valence-corrected chi connectivity index (χ4v) is 3.52. The maximum Gasteiger partial charge on any atom is 0.310 e. The van der Waals surface area contributed by atoms with Gasteiger partial charge in [-0.15, -0.1) is 0 Å². The highest BCUT2D eigenvalue weighted by atomic mass is 32.2. The number of hydrogen-bond acceptors (Lipinski definition) is 6. The zero-order chi connectivity index (χ0) is 18.1. The van der Waals surface area contributed by atoms with Crippen molar-refractivity contribution in [2.45, 2.75) is 25.2 Å². The average Bonchev–Trinajstić information content (AvgIpc) is 2.72. The van der Waals surface area contributed by atoms with Crippen molar-refractivity contribution in [2.75, 3.05) is 18.1 Å². The van der Waals surface area contributed by atoms with E-state index in [1.165, 1.54) is 18.2 Å². The van der Waals surface area contributed by atoms with Crippen LogP contribution >= 0.6 is 0 Å². The van der Waals surface area contributed by atoms with Gasteiger partial charge in [0.05, 0.1) is 10.6 Å². The fourth-order valence-electron chi connectivity index (χ4n) is 2.65. The van der Waals surface area contributed by atoms with Crippen LogP contribution < -0.4 is 5.32 Å². The molecule has 1 aromatic carbocycles. The summed E-state index contributed by atoms with van der Waals surface area (Å²) in [4.78, 5) is 10.4. The summed E-state index contributed by atoms with van der Waals surface area (Å²) in [5, 5.41) is 18.6. The lowest BCUT2D eigenvalue weighted by Crippen LogP contribution is -2.10. The van der Waals surface area contributed by atoms with E-state index in [4.69, 9.17) is 0 Å². The summed E-state index contributed by atoms with van der Waals surface area (Å²) in [6, 6.07) is 4.25. The lowest BCUT2D eigenvalue weighted by Gasteiger charge is -2.10. The van der Waals surface area contributed by atoms with Crippen molar-refractivity contribution in [1.29, 1.82) is 0 Å². The molecule has 1 heterocycles. The summed E-state index contributed by atoms with van der Waals surface area (Å²) in [6.45, 7) is 4.30. The third-order valence-corrected chi connectivity index (χ3v) is 5.06. The van der Waals surface area contributed by atoms with E-state index in [-0.39, 0.29) is 10.6 Å². The van der Waals surface area contributed by atoms with Crippen LogP contribution in [0.15, 0.2) is 23.1 Å². The first-order valence-electron chi connectivity index (χ1n) is 7.33. The summed E-state index contributed by atoms with van der Waals surface area (Å²) in [5.41, 5.74) is 2.80. The van der Waals surface area contributed by atoms with Crippen LogP contribution in [0.5, 0.6) is 0 Å². The molecule has 1 N–H and O–H groups in total. The van der Waals surface area contributed by atoms with Gasteiger partial charge >= 0.3 is 5.69 Å². The molecule has 130 valence electrons. The van der Waals surface area contributed by atoms with Crippen LogP contribution in [0, 0.1) is 24.0 Å². The fraction of sp³-hybridized carbons (Fsp3) is 0.400. The molecule has 0 aliphatic carbocycles. The Hall–Kier alpha value is -2.42. The standard InChI is InChI=1S/C15H20N4O4S/c1-10-12(11(2)18(3)17-10)8-9-16-13-6-5-7-14(24(4,22)23)15(13)19(20)21/h5-7,16H,8-9H2,1-4H3. The van der Waals surface area contributed by atoms with Crippen molar-refractivity contribution in [2.24, 2.45) is 7.05 Å². The highest BCUT2D eigenvalue weighted by molar-refractivity contribution is 7.90. The highest BCUT2D eigenvalue weighted by Gasteiger charge is 2.25. The van der Waals surface area contributed by atoms with Crippen LogP contribution in [0.2, 0.25) is 0 Å². The molecule has 2 rings (SSSR count). The quantitative estimate of drug-likeness (QED) is 0.629. The van der Waals surface area contributed by atoms with Crippen molar-refractivity contribution in [3.8, 4) is 0 Å². The van der Waals surface area contributed by atoms with Crippen LogP contribution in [-0.4, -0.2) is 35.9 Å². The molecule has 9 heteroatoms. The van der Waals surface area contributed by atoms with E-state index in [0.29, 0.717) is 13.0 Å². The zero-order valence-corrected chi connectivity index (χ0v) is 14.8. The molecular weight excluding hydrogens is 332 g/mol. The maximum absolute atomic E-state index is 11.8. The van der Waals surface area contributed by atoms with Gasteiger partial charge < -0.3 is 5.32 Å². The van der Waals surface area contributed by atoms with Crippen LogP contribution in [-0.2, 0) is 23.3 Å². The Kier molecular flexibility index (Phi) is 4.93. The monoisotopic (exact) mass is 352 g/mol. The Morgan fingerprint density at radius 1 is 1.33 bits per heavy atom. The number of hydrogen-bond donors (Lipinski definition) is 1. The Morgan fingerprint density at radius 3 is 2.50 bits per heavy atom. The number of aryl methyl sites for hydroxylation is 2. The molecule has 1 aromatic heterocycles. The normalized spacial score (nSPS) is 11.5. The predicted molar refractivity (Wildman–Crippen MR) is 91.1 cm³/mol. The highest BCUT2D eigenvalue weighted by Crippen LogP contribution is 2.31. The maximum atomic E-state index is 11.8. The molecule has 0 radical (unpaired) electrons. The van der Waals surface area contributed by atoms with Gasteiger partial charge in [-0.3, -0.25) is 14.8 Å². The summed E-state index contributed by atoms with van der Waals surface area (Å²) in [6.07, 6.45) is 1.59. The molecule has 8 nitrogen and oxygen atoms in total. The lowest BCUT2D eigenvalue weighted by atomic mass is 10.1. The number of benzene rings is 1. The Morgan fingerprint density at radius 2 is 2.00 bits per heavy atom. The first-order valence-corrected chi connectivity index (χ1v) is 9.22. The molecule has 0 spiro atoms. The Bertz CT molecular complexity index is 887. The van der Waals surface area contributed by atoms with E-state index in [1.54, 1.807) is 4.68 Å². The molecule has 0 saturated heterocycles. The number of sulfone groups is 1. The Balaban J connectivity index is 2.26. The molecule has 0 saturated carbocycles. The number of aromatic nitrogens is 2. The van der Waals surface area contributed by atoms with E-state index in [2.05, 4.69) is 10.4 Å². The minimum atomic E-state index is -3.68. The van der Waals surface area contributed by atoms with Gasteiger partial charge in [0.25, 0.3) is 0 Å². The molecule has 0 amide bonds. The van der Waals surface area contributed by atoms with Gasteiger partial charge in [0.2, 0.25) is 0 Å². The zero-order valence-electron chi connectivity index (χ0n) is 14.0. The third-order valence-electron chi connectivity index (χ3n) is 3.93. The second kappa shape index (κ2) is 6.60. The van der Waals surface area contributed by atoms with Crippen molar-refractivity contribution in [3.05, 3.63) is 45.3 Å². The molecule has 0 unspecified atom stereocenters. The largest absolute Gasteiger partial charge is 0.379 e. The Labute approximate surface area is 140 Å². The first-order chi connectivity index (χ1) is 11.1. The van der Waals surface area contributed by atoms with Crippen LogP contribution in [0.4, 0.5) is 11.4 Å². The average molecular weight is 352 g/mol. The number of nitro groups is 1. The van der Waals surface area contributed by atoms with E-state index in [0.717, 1.165) is 23.2 Å². The predicted octanol–water partition coefficient (Wildman–Crippen LogP) is 2.00. The van der Waals surface area contributed by atoms with Crippen LogP contribution in [0.1, 0.15) is 17.0 Å². The number of anilines is 1. The first kappa shape index (κ1) is 17.9. The van der Waals surface area contributed by atoms with Crippen molar-refractivity contribution in [1.82, 2.24) is 9.78 Å². The van der Waals surface area contributed by atoms with Crippen molar-refractivity contribution in [3.63, 3.8) is 0 Å². The van der Waals surface area contributed by atoms with Gasteiger partial charge in [0.15, 0.2) is 9.84 Å². The van der Waals surface area contributed by atoms with Crippen molar-refractivity contribution < 1.29 is 13.3 Å². The molecule has 2 aromatic rings. The van der Waals surface area contributed by atoms with Gasteiger partial charge in [-0.25, -0.2) is 8.42 Å². The molecule has 0 atom stereocenters. The second-order valence-corrected chi connectivity index (χ2v) is 7.62. The van der Waals surface area contributed by atoms with Crippen molar-refractivity contribution >= 4 is 21.2 Å². The molecule has 0 aliphatic heterocycles. The summed E-state index contributed by atoms with van der Waals surface area (Å²) in [7, 11) is -1.82. The molecular formula is C15H20N4O4S. The number of para-hydroxylation sites is 1. The van der Waals surface area contributed by atoms with E-state index >= 15 is 0 Å². The molecule has 0 aliphatic rings. The molecule has 0 fully saturated rings. The van der Waals surface area contributed by atoms with Gasteiger partial charge in [0, 0.05) is 25.5 Å². The van der Waals surface area contributed by atoms with E-state index < -0.39 is 20.4 Å². The SMILES string of the molecule is Cc1nn(C)c(C)c1CCNc1cccc(S(C)(=O)=O)c1[N+](=O)[O-]. The lowest BCUT2D eigenvalue weighted by molar-refractivity contribution is -0.386. The van der Waals surface area contributed by atoms with Gasteiger partial charge in [-0.05, 0) is 38.0 Å². The van der Waals surface area contributed by atoms with Gasteiger partial charge in [0.1, 0.15) is 10.6 Å². The minimum absolute atomic E-state index is 0.196. The minimum Gasteiger partial charge on any atom is -0.379 e. The summed E-state index contributed by atoms with van der Waals surface area (Å²) in [5.74, 6) is 0. The van der Waals surface area contributed by atoms with Crippen LogP contribution in [0.3, 0.4) is 0 Å². The van der Waals surface area contributed by atoms with Gasteiger partial charge in [-0.2, -0.15) is 5.10 Å². The van der Waals surface area contributed by atoms with E-state index in [9.17, 15) is 18.5 Å². The topological polar surface area (TPSA) is 107 Å². The number of rotatable bonds is 6. The van der Waals surface area contributed by atoms with E-state index in [1.807, 2.05) is 20.9 Å². The number of nitrogens with one attached hydrogen (secondary N) is 1. The third kappa shape index (κ3) is 3.56. The summed E-state index contributed by atoms with van der Waals surface area (Å²) >= 11 is 0. The molecule has 0 bridgehead atoms. The van der Waals surface area contributed by atoms with Crippen LogP contribution in [0.25, 0.3) is 0 Å². The smallest absolute Gasteiger partial charge is 0.310 e. The van der Waals surface area contributed by atoms with Gasteiger partial charge in [-0.1, -0.05) is 6.07 Å². The summed E-state index contributed by atoms with van der Waals surface area (Å²) < 4.78 is 25.3. The number of nitro benzene ring substituents is 1.